The Bertz CT molecular complexity index is 466. The summed E-state index contributed by atoms with van der Waals surface area (Å²) in [5, 5.41) is 5.80. The van der Waals surface area contributed by atoms with Crippen LogP contribution in [0.4, 0.5) is 16.4 Å². The molecule has 1 heterocycles. The SMILES string of the molecule is O=C(Nc1ccc(Cl)cc1)Nc1ncc[nH]1. The van der Waals surface area contributed by atoms with Gasteiger partial charge in [-0.1, -0.05) is 11.6 Å². The van der Waals surface area contributed by atoms with Gasteiger partial charge in [-0.25, -0.2) is 9.78 Å². The second-order valence-corrected chi connectivity index (χ2v) is 3.46. The van der Waals surface area contributed by atoms with E-state index in [-0.39, 0.29) is 6.03 Å². The molecule has 0 atom stereocenters. The molecule has 6 heteroatoms. The topological polar surface area (TPSA) is 69.8 Å². The van der Waals surface area contributed by atoms with Crippen molar-refractivity contribution in [2.75, 3.05) is 10.6 Å². The van der Waals surface area contributed by atoms with Gasteiger partial charge < -0.3 is 10.3 Å². The summed E-state index contributed by atoms with van der Waals surface area (Å²) in [6.07, 6.45) is 3.18. The number of rotatable bonds is 2. The largest absolute Gasteiger partial charge is 0.331 e. The highest BCUT2D eigenvalue weighted by Gasteiger charge is 2.03. The predicted octanol–water partition coefficient (Wildman–Crippen LogP) is 2.71. The van der Waals surface area contributed by atoms with Crippen LogP contribution >= 0.6 is 11.6 Å². The van der Waals surface area contributed by atoms with Gasteiger partial charge in [0.05, 0.1) is 0 Å². The predicted molar refractivity (Wildman–Crippen MR) is 62.7 cm³/mol. The Hall–Kier alpha value is -2.01. The van der Waals surface area contributed by atoms with Crippen LogP contribution < -0.4 is 10.6 Å². The van der Waals surface area contributed by atoms with Crippen molar-refractivity contribution >= 4 is 29.3 Å². The molecule has 0 aliphatic carbocycles. The molecule has 0 bridgehead atoms. The maximum absolute atomic E-state index is 11.4. The Morgan fingerprint density at radius 2 is 2.00 bits per heavy atom. The highest BCUT2D eigenvalue weighted by Crippen LogP contribution is 2.13. The summed E-state index contributed by atoms with van der Waals surface area (Å²) in [5.41, 5.74) is 0.661. The van der Waals surface area contributed by atoms with Crippen molar-refractivity contribution in [2.24, 2.45) is 0 Å². The third-order valence-electron chi connectivity index (χ3n) is 1.83. The Labute approximate surface area is 96.8 Å². The Morgan fingerprint density at radius 3 is 2.62 bits per heavy atom. The molecule has 1 aromatic carbocycles. The van der Waals surface area contributed by atoms with Crippen molar-refractivity contribution in [2.45, 2.75) is 0 Å². The number of benzene rings is 1. The number of H-pyrrole nitrogens is 1. The number of imidazole rings is 1. The van der Waals surface area contributed by atoms with Gasteiger partial charge in [-0.05, 0) is 24.3 Å². The van der Waals surface area contributed by atoms with Crippen LogP contribution in [0.3, 0.4) is 0 Å². The molecule has 0 saturated carbocycles. The normalized spacial score (nSPS) is 9.81. The minimum Gasteiger partial charge on any atom is -0.331 e. The molecule has 0 unspecified atom stereocenters. The first kappa shape index (κ1) is 10.5. The number of carbonyl (C=O) groups is 1. The lowest BCUT2D eigenvalue weighted by Crippen LogP contribution is -2.20. The van der Waals surface area contributed by atoms with Gasteiger partial charge in [0.25, 0.3) is 0 Å². The zero-order valence-electron chi connectivity index (χ0n) is 8.20. The molecule has 0 aliphatic rings. The fraction of sp³-hybridized carbons (Fsp3) is 0. The number of aromatic nitrogens is 2. The molecular weight excluding hydrogens is 228 g/mol. The van der Waals surface area contributed by atoms with Gasteiger partial charge in [-0.3, -0.25) is 5.32 Å². The molecule has 1 aromatic heterocycles. The lowest BCUT2D eigenvalue weighted by molar-refractivity contribution is 0.262. The quantitative estimate of drug-likeness (QED) is 0.750. The van der Waals surface area contributed by atoms with Crippen molar-refractivity contribution < 1.29 is 4.79 Å². The van der Waals surface area contributed by atoms with Gasteiger partial charge in [0, 0.05) is 23.1 Å². The number of amides is 2. The van der Waals surface area contributed by atoms with Crippen LogP contribution in [-0.2, 0) is 0 Å². The average molecular weight is 237 g/mol. The number of hydrogen-bond acceptors (Lipinski definition) is 2. The Morgan fingerprint density at radius 1 is 1.25 bits per heavy atom. The van der Waals surface area contributed by atoms with Gasteiger partial charge in [0.1, 0.15) is 0 Å². The van der Waals surface area contributed by atoms with Crippen molar-refractivity contribution in [1.82, 2.24) is 9.97 Å². The maximum Gasteiger partial charge on any atom is 0.326 e. The van der Waals surface area contributed by atoms with Crippen LogP contribution in [0.25, 0.3) is 0 Å². The van der Waals surface area contributed by atoms with Crippen molar-refractivity contribution in [1.29, 1.82) is 0 Å². The molecule has 0 aliphatic heterocycles. The van der Waals surface area contributed by atoms with E-state index < -0.39 is 0 Å². The number of anilines is 2. The number of urea groups is 1. The van der Waals surface area contributed by atoms with E-state index >= 15 is 0 Å². The van der Waals surface area contributed by atoms with Crippen molar-refractivity contribution in [3.63, 3.8) is 0 Å². The van der Waals surface area contributed by atoms with Crippen LogP contribution in [0.5, 0.6) is 0 Å². The number of halogens is 1. The summed E-state index contributed by atoms with van der Waals surface area (Å²) in [6.45, 7) is 0. The lowest BCUT2D eigenvalue weighted by Gasteiger charge is -2.05. The molecule has 2 amide bonds. The number of nitrogens with one attached hydrogen (secondary N) is 3. The second-order valence-electron chi connectivity index (χ2n) is 3.02. The summed E-state index contributed by atoms with van der Waals surface area (Å²) in [7, 11) is 0. The van der Waals surface area contributed by atoms with Crippen LogP contribution in [0.15, 0.2) is 36.7 Å². The van der Waals surface area contributed by atoms with E-state index in [0.717, 1.165) is 0 Å². The monoisotopic (exact) mass is 236 g/mol. The second kappa shape index (κ2) is 4.67. The molecule has 82 valence electrons. The number of aromatic amines is 1. The number of carbonyl (C=O) groups excluding carboxylic acids is 1. The molecule has 5 nitrogen and oxygen atoms in total. The van der Waals surface area contributed by atoms with Gasteiger partial charge in [-0.15, -0.1) is 0 Å². The van der Waals surface area contributed by atoms with Crippen LogP contribution in [-0.4, -0.2) is 16.0 Å². The van der Waals surface area contributed by atoms with Crippen LogP contribution in [0.2, 0.25) is 5.02 Å². The first-order valence-corrected chi connectivity index (χ1v) is 4.95. The van der Waals surface area contributed by atoms with E-state index in [1.54, 1.807) is 36.7 Å². The zero-order valence-corrected chi connectivity index (χ0v) is 8.95. The highest BCUT2D eigenvalue weighted by atomic mass is 35.5. The summed E-state index contributed by atoms with van der Waals surface area (Å²) in [5.74, 6) is 0.395. The fourth-order valence-electron chi connectivity index (χ4n) is 1.14. The van der Waals surface area contributed by atoms with Crippen molar-refractivity contribution in [3.8, 4) is 0 Å². The van der Waals surface area contributed by atoms with E-state index in [1.807, 2.05) is 0 Å². The summed E-state index contributed by atoms with van der Waals surface area (Å²) in [4.78, 5) is 18.1. The smallest absolute Gasteiger partial charge is 0.326 e. The van der Waals surface area contributed by atoms with Gasteiger partial charge in [0.15, 0.2) is 0 Å². The number of hydrogen-bond donors (Lipinski definition) is 3. The number of nitrogens with zero attached hydrogens (tertiary/aromatic N) is 1. The van der Waals surface area contributed by atoms with Gasteiger partial charge >= 0.3 is 6.03 Å². The van der Waals surface area contributed by atoms with Crippen LogP contribution in [0, 0.1) is 0 Å². The van der Waals surface area contributed by atoms with E-state index in [0.29, 0.717) is 16.7 Å². The zero-order chi connectivity index (χ0) is 11.4. The third kappa shape index (κ3) is 2.74. The molecule has 0 saturated heterocycles. The van der Waals surface area contributed by atoms with Gasteiger partial charge in [-0.2, -0.15) is 0 Å². The summed E-state index contributed by atoms with van der Waals surface area (Å²) >= 11 is 5.72. The molecule has 0 spiro atoms. The van der Waals surface area contributed by atoms with Crippen LogP contribution in [0.1, 0.15) is 0 Å². The third-order valence-corrected chi connectivity index (χ3v) is 2.08. The van der Waals surface area contributed by atoms with E-state index in [1.165, 1.54) is 0 Å². The minimum atomic E-state index is -0.364. The van der Waals surface area contributed by atoms with E-state index in [9.17, 15) is 4.79 Å². The first-order valence-electron chi connectivity index (χ1n) is 4.57. The summed E-state index contributed by atoms with van der Waals surface area (Å²) < 4.78 is 0. The molecule has 16 heavy (non-hydrogen) atoms. The molecule has 2 rings (SSSR count). The maximum atomic E-state index is 11.4. The molecule has 3 N–H and O–H groups in total. The van der Waals surface area contributed by atoms with Gasteiger partial charge in [0.2, 0.25) is 5.95 Å². The fourth-order valence-corrected chi connectivity index (χ4v) is 1.26. The Balaban J connectivity index is 1.95. The van der Waals surface area contributed by atoms with E-state index in [4.69, 9.17) is 11.6 Å². The molecular formula is C10H9ClN4O. The average Bonchev–Trinajstić information content (AvgIpc) is 2.74. The Kier molecular flexibility index (Phi) is 3.07. The van der Waals surface area contributed by atoms with Crippen molar-refractivity contribution in [3.05, 3.63) is 41.7 Å². The lowest BCUT2D eigenvalue weighted by atomic mass is 10.3. The molecule has 2 aromatic rings. The summed E-state index contributed by atoms with van der Waals surface area (Å²) in [6, 6.07) is 6.46. The molecule has 0 radical (unpaired) electrons. The highest BCUT2D eigenvalue weighted by molar-refractivity contribution is 6.30. The minimum absolute atomic E-state index is 0.364. The first-order chi connectivity index (χ1) is 7.74. The molecule has 0 fully saturated rings. The standard InChI is InChI=1S/C10H9ClN4O/c11-7-1-3-8(4-2-7)14-10(16)15-9-12-5-6-13-9/h1-6H,(H3,12,13,14,15,16). The van der Waals surface area contributed by atoms with E-state index in [2.05, 4.69) is 20.6 Å².